The maximum atomic E-state index is 13.2. The fraction of sp³-hybridized carbons (Fsp3) is 0.190. The highest BCUT2D eigenvalue weighted by Gasteiger charge is 2.19. The molecule has 0 saturated carbocycles. The van der Waals surface area contributed by atoms with Crippen molar-refractivity contribution in [3.63, 3.8) is 0 Å². The summed E-state index contributed by atoms with van der Waals surface area (Å²) in [5, 5.41) is 5.13. The molecule has 144 valence electrons. The summed E-state index contributed by atoms with van der Waals surface area (Å²) >= 11 is 1.45. The van der Waals surface area contributed by atoms with Gasteiger partial charge in [-0.15, -0.1) is 11.3 Å². The number of carbonyl (C=O) groups is 2. The Hall–Kier alpha value is -3.06. The van der Waals surface area contributed by atoms with Crippen LogP contribution in [0.4, 0.5) is 10.1 Å². The lowest BCUT2D eigenvalue weighted by molar-refractivity contribution is -0.152. The van der Waals surface area contributed by atoms with Crippen molar-refractivity contribution in [3.05, 3.63) is 71.0 Å². The van der Waals surface area contributed by atoms with Crippen molar-refractivity contribution in [1.82, 2.24) is 4.98 Å². The molecule has 7 heteroatoms. The number of aromatic nitrogens is 1. The SMILES string of the molecule is Cc1ccc(-c2nc(CC(=O)O[C@H](C)C(=O)Nc3cccc(F)c3)cs2)cc1. The standard InChI is InChI=1S/C21H19FN2O3S/c1-13-6-8-15(9-7-13)21-24-18(12-28-21)11-19(25)27-14(2)20(26)23-17-5-3-4-16(22)10-17/h3-10,12,14H,11H2,1-2H3,(H,23,26)/t14-/m1/s1. The summed E-state index contributed by atoms with van der Waals surface area (Å²) in [6.07, 6.45) is -1.04. The molecule has 0 aliphatic carbocycles. The van der Waals surface area contributed by atoms with E-state index in [0.29, 0.717) is 11.4 Å². The van der Waals surface area contributed by atoms with E-state index >= 15 is 0 Å². The molecule has 0 fully saturated rings. The van der Waals surface area contributed by atoms with Crippen LogP contribution in [-0.4, -0.2) is 23.0 Å². The van der Waals surface area contributed by atoms with Crippen molar-refractivity contribution in [3.8, 4) is 10.6 Å². The van der Waals surface area contributed by atoms with E-state index in [9.17, 15) is 14.0 Å². The van der Waals surface area contributed by atoms with Crippen molar-refractivity contribution < 1.29 is 18.7 Å². The molecule has 0 aliphatic heterocycles. The molecule has 1 aromatic heterocycles. The summed E-state index contributed by atoms with van der Waals surface area (Å²) < 4.78 is 18.3. The molecule has 1 amide bonds. The third-order valence-corrected chi connectivity index (χ3v) is 4.89. The van der Waals surface area contributed by atoms with Crippen LogP contribution in [-0.2, 0) is 20.7 Å². The van der Waals surface area contributed by atoms with E-state index in [1.807, 2.05) is 31.2 Å². The molecule has 0 saturated heterocycles. The minimum atomic E-state index is -1.01. The largest absolute Gasteiger partial charge is 0.452 e. The van der Waals surface area contributed by atoms with Crippen LogP contribution >= 0.6 is 11.3 Å². The first-order valence-corrected chi connectivity index (χ1v) is 9.56. The quantitative estimate of drug-likeness (QED) is 0.626. The Labute approximate surface area is 166 Å². The molecule has 1 N–H and O–H groups in total. The second-order valence-electron chi connectivity index (χ2n) is 6.32. The Bertz CT molecular complexity index is 985. The highest BCUT2D eigenvalue weighted by molar-refractivity contribution is 7.13. The molecule has 3 aromatic rings. The van der Waals surface area contributed by atoms with E-state index in [1.54, 1.807) is 11.4 Å². The van der Waals surface area contributed by atoms with Gasteiger partial charge in [-0.25, -0.2) is 9.37 Å². The van der Waals surface area contributed by atoms with Gasteiger partial charge in [0.15, 0.2) is 6.10 Å². The van der Waals surface area contributed by atoms with Crippen molar-refractivity contribution in [2.45, 2.75) is 26.4 Å². The predicted octanol–water partition coefficient (Wildman–Crippen LogP) is 4.37. The van der Waals surface area contributed by atoms with E-state index in [4.69, 9.17) is 4.74 Å². The van der Waals surface area contributed by atoms with Crippen LogP contribution < -0.4 is 5.32 Å². The van der Waals surface area contributed by atoms with Gasteiger partial charge >= 0.3 is 5.97 Å². The lowest BCUT2D eigenvalue weighted by Crippen LogP contribution is -2.30. The molecule has 0 radical (unpaired) electrons. The topological polar surface area (TPSA) is 68.3 Å². The highest BCUT2D eigenvalue weighted by atomic mass is 32.1. The lowest BCUT2D eigenvalue weighted by atomic mass is 10.2. The van der Waals surface area contributed by atoms with Crippen LogP contribution in [0.1, 0.15) is 18.2 Å². The minimum absolute atomic E-state index is 0.0278. The number of amides is 1. The molecule has 28 heavy (non-hydrogen) atoms. The van der Waals surface area contributed by atoms with Gasteiger partial charge in [0.1, 0.15) is 10.8 Å². The summed E-state index contributed by atoms with van der Waals surface area (Å²) in [6, 6.07) is 13.5. The highest BCUT2D eigenvalue weighted by Crippen LogP contribution is 2.24. The molecule has 3 rings (SSSR count). The number of halogens is 1. The first kappa shape index (κ1) is 19.7. The number of hydrogen-bond acceptors (Lipinski definition) is 5. The summed E-state index contributed by atoms with van der Waals surface area (Å²) in [5.74, 6) is -1.55. The Morgan fingerprint density at radius 2 is 1.96 bits per heavy atom. The molecule has 0 spiro atoms. The fourth-order valence-corrected chi connectivity index (χ4v) is 3.29. The van der Waals surface area contributed by atoms with E-state index < -0.39 is 23.8 Å². The maximum absolute atomic E-state index is 13.2. The number of carbonyl (C=O) groups excluding carboxylic acids is 2. The molecule has 5 nitrogen and oxygen atoms in total. The first-order valence-electron chi connectivity index (χ1n) is 8.68. The number of esters is 1. The predicted molar refractivity (Wildman–Crippen MR) is 107 cm³/mol. The maximum Gasteiger partial charge on any atom is 0.312 e. The van der Waals surface area contributed by atoms with Crippen LogP contribution in [0.25, 0.3) is 10.6 Å². The molecular formula is C21H19FN2O3S. The van der Waals surface area contributed by atoms with E-state index in [2.05, 4.69) is 10.3 Å². The number of aryl methyl sites for hydroxylation is 1. The molecule has 0 aliphatic rings. The lowest BCUT2D eigenvalue weighted by Gasteiger charge is -2.13. The Balaban J connectivity index is 1.55. The molecule has 1 atom stereocenters. The van der Waals surface area contributed by atoms with Crippen LogP contribution in [0.15, 0.2) is 53.9 Å². The van der Waals surface area contributed by atoms with Gasteiger partial charge in [-0.3, -0.25) is 9.59 Å². The van der Waals surface area contributed by atoms with Gasteiger partial charge in [-0.2, -0.15) is 0 Å². The summed E-state index contributed by atoms with van der Waals surface area (Å²) in [4.78, 5) is 28.7. The first-order chi connectivity index (χ1) is 13.4. The number of benzene rings is 2. The minimum Gasteiger partial charge on any atom is -0.452 e. The zero-order chi connectivity index (χ0) is 20.1. The van der Waals surface area contributed by atoms with Gasteiger partial charge in [0.2, 0.25) is 0 Å². The Kier molecular flexibility index (Phi) is 6.16. The second-order valence-corrected chi connectivity index (χ2v) is 7.18. The second kappa shape index (κ2) is 8.75. The van der Waals surface area contributed by atoms with Crippen LogP contribution in [0.5, 0.6) is 0 Å². The van der Waals surface area contributed by atoms with Crippen LogP contribution in [0.3, 0.4) is 0 Å². The normalized spacial score (nSPS) is 11.7. The molecule has 2 aromatic carbocycles. The zero-order valence-electron chi connectivity index (χ0n) is 15.4. The number of rotatable bonds is 6. The van der Waals surface area contributed by atoms with Crippen molar-refractivity contribution in [1.29, 1.82) is 0 Å². The van der Waals surface area contributed by atoms with Gasteiger partial charge in [-0.05, 0) is 32.0 Å². The number of hydrogen-bond donors (Lipinski definition) is 1. The Morgan fingerprint density at radius 3 is 2.68 bits per heavy atom. The third kappa shape index (κ3) is 5.23. The number of nitrogens with one attached hydrogen (secondary N) is 1. The van der Waals surface area contributed by atoms with E-state index in [-0.39, 0.29) is 6.42 Å². The van der Waals surface area contributed by atoms with E-state index in [0.717, 1.165) is 16.1 Å². The van der Waals surface area contributed by atoms with Crippen LogP contribution in [0, 0.1) is 12.7 Å². The smallest absolute Gasteiger partial charge is 0.312 e. The average Bonchev–Trinajstić information content (AvgIpc) is 3.10. The molecule has 0 unspecified atom stereocenters. The van der Waals surface area contributed by atoms with E-state index in [1.165, 1.54) is 36.5 Å². The third-order valence-electron chi connectivity index (χ3n) is 3.95. The fourth-order valence-electron chi connectivity index (χ4n) is 2.47. The van der Waals surface area contributed by atoms with Crippen molar-refractivity contribution >= 4 is 28.9 Å². The van der Waals surface area contributed by atoms with Gasteiger partial charge in [0.05, 0.1) is 12.1 Å². The summed E-state index contributed by atoms with van der Waals surface area (Å²) in [6.45, 7) is 3.48. The van der Waals surface area contributed by atoms with Gasteiger partial charge in [-0.1, -0.05) is 35.9 Å². The summed E-state index contributed by atoms with van der Waals surface area (Å²) in [5.41, 5.74) is 3.03. The summed E-state index contributed by atoms with van der Waals surface area (Å²) in [7, 11) is 0. The number of anilines is 1. The average molecular weight is 398 g/mol. The molecular weight excluding hydrogens is 379 g/mol. The Morgan fingerprint density at radius 1 is 1.21 bits per heavy atom. The number of nitrogens with zero attached hydrogens (tertiary/aromatic N) is 1. The van der Waals surface area contributed by atoms with Crippen molar-refractivity contribution in [2.75, 3.05) is 5.32 Å². The van der Waals surface area contributed by atoms with Crippen molar-refractivity contribution in [2.24, 2.45) is 0 Å². The zero-order valence-corrected chi connectivity index (χ0v) is 16.3. The van der Waals surface area contributed by atoms with Gasteiger partial charge in [0.25, 0.3) is 5.91 Å². The van der Waals surface area contributed by atoms with Gasteiger partial charge in [0, 0.05) is 16.6 Å². The number of thiazole rings is 1. The molecule has 0 bridgehead atoms. The van der Waals surface area contributed by atoms with Crippen LogP contribution in [0.2, 0.25) is 0 Å². The van der Waals surface area contributed by atoms with Gasteiger partial charge < -0.3 is 10.1 Å². The number of ether oxygens (including phenoxy) is 1. The monoisotopic (exact) mass is 398 g/mol. The molecule has 1 heterocycles.